The van der Waals surface area contributed by atoms with Gasteiger partial charge in [-0.2, -0.15) is 0 Å². The summed E-state index contributed by atoms with van der Waals surface area (Å²) in [7, 11) is -3.69. The Balaban J connectivity index is 2.27. The number of carboxylic acids is 1. The molecule has 0 bridgehead atoms. The summed E-state index contributed by atoms with van der Waals surface area (Å²) in [5, 5.41) is 12.5. The Labute approximate surface area is 135 Å². The fourth-order valence-electron chi connectivity index (χ4n) is 3.19. The zero-order valence-electron chi connectivity index (χ0n) is 13.5. The van der Waals surface area contributed by atoms with Crippen LogP contribution in [0.2, 0.25) is 0 Å². The predicted molar refractivity (Wildman–Crippen MR) is 78.4 cm³/mol. The van der Waals surface area contributed by atoms with Gasteiger partial charge in [0.05, 0.1) is 23.2 Å². The van der Waals surface area contributed by atoms with Crippen LogP contribution in [0.3, 0.4) is 0 Å². The highest BCUT2D eigenvalue weighted by Crippen LogP contribution is 2.45. The number of carbonyl (C=O) groups is 3. The molecule has 0 aromatic heterocycles. The van der Waals surface area contributed by atoms with E-state index in [2.05, 4.69) is 5.32 Å². The standard InChI is InChI=1S/C14H22N2O6S/c1-7(2)5-8(13(19)20)15-12(18)11-14(3,4)23(21,22)10-6-9(17)16(10)11/h7-8,10-11H,5-6H2,1-4H3,(H,15,18)(H,19,20)/p-1/t8-,10+,11-/m0/s1. The second-order valence-electron chi connectivity index (χ2n) is 7.02. The molecule has 2 fully saturated rings. The van der Waals surface area contributed by atoms with Gasteiger partial charge in [-0.3, -0.25) is 9.59 Å². The minimum Gasteiger partial charge on any atom is -0.548 e. The Morgan fingerprint density at radius 2 is 1.96 bits per heavy atom. The van der Waals surface area contributed by atoms with E-state index in [1.165, 1.54) is 13.8 Å². The number of β-lactam (4-membered cyclic amide) rings is 1. The number of carbonyl (C=O) groups excluding carboxylic acids is 3. The van der Waals surface area contributed by atoms with E-state index in [-0.39, 0.29) is 18.8 Å². The summed E-state index contributed by atoms with van der Waals surface area (Å²) in [5.41, 5.74) is 0. The summed E-state index contributed by atoms with van der Waals surface area (Å²) >= 11 is 0. The van der Waals surface area contributed by atoms with Gasteiger partial charge in [-0.05, 0) is 26.2 Å². The van der Waals surface area contributed by atoms with E-state index in [4.69, 9.17) is 0 Å². The highest BCUT2D eigenvalue weighted by molar-refractivity contribution is 7.93. The van der Waals surface area contributed by atoms with Gasteiger partial charge in [-0.15, -0.1) is 0 Å². The van der Waals surface area contributed by atoms with Gasteiger partial charge in [-0.25, -0.2) is 8.42 Å². The molecule has 0 aromatic carbocycles. The van der Waals surface area contributed by atoms with Crippen molar-refractivity contribution in [1.82, 2.24) is 10.2 Å². The lowest BCUT2D eigenvalue weighted by Gasteiger charge is -2.37. The SMILES string of the molecule is CC(C)C[C@H](NC(=O)[C@@H]1N2C(=O)C[C@H]2S(=O)(=O)C1(C)C)C(=O)[O-]. The molecule has 3 atom stereocenters. The Hall–Kier alpha value is -1.64. The quantitative estimate of drug-likeness (QED) is 0.599. The molecule has 0 saturated carbocycles. The monoisotopic (exact) mass is 345 g/mol. The molecule has 2 saturated heterocycles. The maximum absolute atomic E-state index is 12.5. The van der Waals surface area contributed by atoms with Crippen LogP contribution in [0.15, 0.2) is 0 Å². The molecule has 2 aliphatic rings. The average molecular weight is 345 g/mol. The highest BCUT2D eigenvalue weighted by atomic mass is 32.2. The average Bonchev–Trinajstić information content (AvgIpc) is 2.51. The minimum absolute atomic E-state index is 0.00286. The molecule has 0 spiro atoms. The molecule has 0 aliphatic carbocycles. The summed E-state index contributed by atoms with van der Waals surface area (Å²) in [6.45, 7) is 6.35. The number of aliphatic carboxylic acids is 1. The van der Waals surface area contributed by atoms with Crippen molar-refractivity contribution < 1.29 is 27.9 Å². The third-order valence-corrected chi connectivity index (χ3v) is 7.33. The van der Waals surface area contributed by atoms with Gasteiger partial charge >= 0.3 is 0 Å². The fourth-order valence-corrected chi connectivity index (χ4v) is 5.32. The number of hydrogen-bond donors (Lipinski definition) is 1. The maximum atomic E-state index is 12.5. The van der Waals surface area contributed by atoms with Crippen molar-refractivity contribution >= 4 is 27.6 Å². The van der Waals surface area contributed by atoms with Crippen LogP contribution in [0, 0.1) is 5.92 Å². The Kier molecular flexibility index (Phi) is 4.21. The third kappa shape index (κ3) is 2.60. The lowest BCUT2D eigenvalue weighted by atomic mass is 9.96. The third-order valence-electron chi connectivity index (χ3n) is 4.53. The molecular weight excluding hydrogens is 324 g/mol. The zero-order valence-corrected chi connectivity index (χ0v) is 14.3. The van der Waals surface area contributed by atoms with E-state index in [0.29, 0.717) is 0 Å². The number of hydrogen-bond acceptors (Lipinski definition) is 6. The summed E-state index contributed by atoms with van der Waals surface area (Å²) in [6, 6.07) is -2.45. The lowest BCUT2D eigenvalue weighted by molar-refractivity contribution is -0.308. The van der Waals surface area contributed by atoms with E-state index >= 15 is 0 Å². The predicted octanol–water partition coefficient (Wildman–Crippen LogP) is -1.60. The van der Waals surface area contributed by atoms with Crippen LogP contribution in [-0.4, -0.2) is 53.3 Å². The first-order valence-corrected chi connectivity index (χ1v) is 9.01. The molecule has 9 heteroatoms. The van der Waals surface area contributed by atoms with Gasteiger partial charge < -0.3 is 20.1 Å². The molecule has 1 N–H and O–H groups in total. The van der Waals surface area contributed by atoms with E-state index in [0.717, 1.165) is 4.90 Å². The number of fused-ring (bicyclic) bond motifs is 1. The van der Waals surface area contributed by atoms with Crippen molar-refractivity contribution in [2.24, 2.45) is 5.92 Å². The van der Waals surface area contributed by atoms with Gasteiger partial charge in [0.25, 0.3) is 0 Å². The first-order valence-electron chi connectivity index (χ1n) is 7.47. The normalized spacial score (nSPS) is 28.9. The molecular formula is C14H21N2O6S-. The molecule has 2 aliphatic heterocycles. The first kappa shape index (κ1) is 17.7. The fraction of sp³-hybridized carbons (Fsp3) is 0.786. The van der Waals surface area contributed by atoms with Crippen LogP contribution in [0.4, 0.5) is 0 Å². The second-order valence-corrected chi connectivity index (χ2v) is 9.71. The van der Waals surface area contributed by atoms with Gasteiger partial charge in [0.2, 0.25) is 11.8 Å². The van der Waals surface area contributed by atoms with Crippen molar-refractivity contribution in [3.63, 3.8) is 0 Å². The van der Waals surface area contributed by atoms with Crippen molar-refractivity contribution in [3.8, 4) is 0 Å². The summed E-state index contributed by atoms with van der Waals surface area (Å²) in [4.78, 5) is 36.5. The van der Waals surface area contributed by atoms with Crippen molar-refractivity contribution in [2.75, 3.05) is 0 Å². The van der Waals surface area contributed by atoms with Gasteiger partial charge in [0.1, 0.15) is 11.4 Å². The topological polar surface area (TPSA) is 124 Å². The van der Waals surface area contributed by atoms with Crippen LogP contribution in [0.1, 0.15) is 40.5 Å². The Bertz CT molecular complexity index is 654. The maximum Gasteiger partial charge on any atom is 0.245 e. The van der Waals surface area contributed by atoms with Gasteiger partial charge in [0, 0.05) is 0 Å². The van der Waals surface area contributed by atoms with E-state index in [1.807, 2.05) is 0 Å². The van der Waals surface area contributed by atoms with Crippen molar-refractivity contribution in [1.29, 1.82) is 0 Å². The van der Waals surface area contributed by atoms with Gasteiger partial charge in [-0.1, -0.05) is 13.8 Å². The number of sulfone groups is 1. The van der Waals surface area contributed by atoms with Crippen LogP contribution in [0.5, 0.6) is 0 Å². The Morgan fingerprint density at radius 3 is 2.39 bits per heavy atom. The van der Waals surface area contributed by atoms with E-state index < -0.39 is 49.8 Å². The number of rotatable bonds is 5. The van der Waals surface area contributed by atoms with Crippen LogP contribution in [-0.2, 0) is 24.2 Å². The van der Waals surface area contributed by atoms with E-state index in [1.54, 1.807) is 13.8 Å². The molecule has 0 unspecified atom stereocenters. The number of nitrogens with one attached hydrogen (secondary N) is 1. The number of nitrogens with zero attached hydrogens (tertiary/aromatic N) is 1. The van der Waals surface area contributed by atoms with Crippen molar-refractivity contribution in [3.05, 3.63) is 0 Å². The molecule has 0 aromatic rings. The summed E-state index contributed by atoms with van der Waals surface area (Å²) in [6.07, 6.45) is 0.0246. The molecule has 0 radical (unpaired) electrons. The zero-order chi connectivity index (χ0) is 17.7. The molecule has 2 rings (SSSR count). The number of amides is 2. The number of carboxylic acid groups (broad SMARTS) is 1. The molecule has 2 heterocycles. The van der Waals surface area contributed by atoms with Crippen molar-refractivity contribution in [2.45, 2.75) is 62.7 Å². The Morgan fingerprint density at radius 1 is 1.39 bits per heavy atom. The molecule has 8 nitrogen and oxygen atoms in total. The highest BCUT2D eigenvalue weighted by Gasteiger charge is 2.67. The van der Waals surface area contributed by atoms with Crippen LogP contribution in [0.25, 0.3) is 0 Å². The lowest BCUT2D eigenvalue weighted by Crippen LogP contribution is -2.62. The first-order chi connectivity index (χ1) is 10.4. The van der Waals surface area contributed by atoms with Gasteiger partial charge in [0.15, 0.2) is 9.84 Å². The summed E-state index contributed by atoms with van der Waals surface area (Å²) < 4.78 is 23.4. The molecule has 130 valence electrons. The smallest absolute Gasteiger partial charge is 0.245 e. The van der Waals surface area contributed by atoms with Crippen LogP contribution < -0.4 is 10.4 Å². The molecule has 23 heavy (non-hydrogen) atoms. The van der Waals surface area contributed by atoms with E-state index in [9.17, 15) is 27.9 Å². The summed E-state index contributed by atoms with van der Waals surface area (Å²) in [5.74, 6) is -2.63. The van der Waals surface area contributed by atoms with Crippen LogP contribution >= 0.6 is 0 Å². The largest absolute Gasteiger partial charge is 0.548 e. The molecule has 2 amide bonds. The second kappa shape index (κ2) is 5.47. The minimum atomic E-state index is -3.69.